The third-order valence-corrected chi connectivity index (χ3v) is 4.49. The van der Waals surface area contributed by atoms with Crippen LogP contribution in [0.1, 0.15) is 16.7 Å². The van der Waals surface area contributed by atoms with Gasteiger partial charge in [-0.15, -0.1) is 0 Å². The van der Waals surface area contributed by atoms with Crippen LogP contribution >= 0.6 is 0 Å². The van der Waals surface area contributed by atoms with Crippen LogP contribution in [0.2, 0.25) is 0 Å². The molecule has 0 saturated heterocycles. The van der Waals surface area contributed by atoms with Gasteiger partial charge >= 0.3 is 0 Å². The summed E-state index contributed by atoms with van der Waals surface area (Å²) in [4.78, 5) is 0. The van der Waals surface area contributed by atoms with Gasteiger partial charge in [-0.25, -0.2) is 8.42 Å². The van der Waals surface area contributed by atoms with E-state index >= 15 is 0 Å². The van der Waals surface area contributed by atoms with Crippen molar-refractivity contribution in [1.29, 1.82) is 0 Å². The number of hydrogen-bond donors (Lipinski definition) is 2. The molecule has 2 aromatic rings. The van der Waals surface area contributed by atoms with Gasteiger partial charge in [0, 0.05) is 5.69 Å². The van der Waals surface area contributed by atoms with Gasteiger partial charge in [-0.1, -0.05) is 30.3 Å². The first-order valence-electron chi connectivity index (χ1n) is 6.29. The molecule has 0 aliphatic heterocycles. The van der Waals surface area contributed by atoms with Crippen LogP contribution in [0.25, 0.3) is 0 Å². The molecule has 0 fully saturated rings. The molecule has 2 rings (SSSR count). The van der Waals surface area contributed by atoms with Gasteiger partial charge in [0.05, 0.1) is 11.4 Å². The molecule has 0 aromatic heterocycles. The minimum Gasteiger partial charge on any atom is -0.398 e. The highest BCUT2D eigenvalue weighted by Gasteiger charge is 2.14. The van der Waals surface area contributed by atoms with Crippen molar-refractivity contribution >= 4 is 21.4 Å². The summed E-state index contributed by atoms with van der Waals surface area (Å²) >= 11 is 0. The summed E-state index contributed by atoms with van der Waals surface area (Å²) in [5.74, 6) is -0.132. The lowest BCUT2D eigenvalue weighted by Crippen LogP contribution is -2.16. The smallest absolute Gasteiger partial charge is 0.237 e. The number of anilines is 2. The van der Waals surface area contributed by atoms with E-state index in [0.717, 1.165) is 11.1 Å². The quantitative estimate of drug-likeness (QED) is 0.850. The standard InChI is InChI=1S/C15H18N2O2S/c1-11-6-5-9-15(12(11)2)17-20(18,19)10-13-7-3-4-8-14(13)16/h3-9,17H,10,16H2,1-2H3. The SMILES string of the molecule is Cc1cccc(NS(=O)(=O)Cc2ccccc2N)c1C. The van der Waals surface area contributed by atoms with E-state index in [0.29, 0.717) is 16.9 Å². The highest BCUT2D eigenvalue weighted by molar-refractivity contribution is 7.91. The number of para-hydroxylation sites is 1. The first-order chi connectivity index (χ1) is 9.39. The Bertz CT molecular complexity index is 724. The highest BCUT2D eigenvalue weighted by Crippen LogP contribution is 2.21. The van der Waals surface area contributed by atoms with E-state index in [9.17, 15) is 8.42 Å². The number of aryl methyl sites for hydroxylation is 1. The first kappa shape index (κ1) is 14.4. The molecule has 2 aromatic carbocycles. The lowest BCUT2D eigenvalue weighted by molar-refractivity contribution is 0.600. The van der Waals surface area contributed by atoms with Gasteiger partial charge in [-0.3, -0.25) is 4.72 Å². The summed E-state index contributed by atoms with van der Waals surface area (Å²) in [6.07, 6.45) is 0. The Hall–Kier alpha value is -2.01. The molecule has 0 amide bonds. The Morgan fingerprint density at radius 2 is 1.75 bits per heavy atom. The molecule has 0 atom stereocenters. The number of sulfonamides is 1. The highest BCUT2D eigenvalue weighted by atomic mass is 32.2. The van der Waals surface area contributed by atoms with Gasteiger partial charge < -0.3 is 5.73 Å². The fraction of sp³-hybridized carbons (Fsp3) is 0.200. The maximum Gasteiger partial charge on any atom is 0.237 e. The second kappa shape index (κ2) is 5.54. The zero-order chi connectivity index (χ0) is 14.8. The third kappa shape index (κ3) is 3.30. The van der Waals surface area contributed by atoms with Crippen LogP contribution in [-0.2, 0) is 15.8 Å². The Morgan fingerprint density at radius 3 is 2.45 bits per heavy atom. The van der Waals surface area contributed by atoms with E-state index in [-0.39, 0.29) is 5.75 Å². The lowest BCUT2D eigenvalue weighted by Gasteiger charge is -2.13. The molecular weight excluding hydrogens is 272 g/mol. The summed E-state index contributed by atoms with van der Waals surface area (Å²) in [6, 6.07) is 12.5. The van der Waals surface area contributed by atoms with Crippen molar-refractivity contribution in [1.82, 2.24) is 0 Å². The number of hydrogen-bond acceptors (Lipinski definition) is 3. The average Bonchev–Trinajstić information content (AvgIpc) is 2.37. The molecular formula is C15H18N2O2S. The molecule has 0 aliphatic carbocycles. The largest absolute Gasteiger partial charge is 0.398 e. The molecule has 20 heavy (non-hydrogen) atoms. The Labute approximate surface area is 119 Å². The van der Waals surface area contributed by atoms with Crippen molar-refractivity contribution in [3.63, 3.8) is 0 Å². The molecule has 0 spiro atoms. The number of benzene rings is 2. The molecule has 0 unspecified atom stereocenters. The van der Waals surface area contributed by atoms with Crippen molar-refractivity contribution in [3.05, 3.63) is 59.2 Å². The van der Waals surface area contributed by atoms with Crippen LogP contribution in [0.4, 0.5) is 11.4 Å². The molecule has 0 saturated carbocycles. The second-order valence-corrected chi connectivity index (χ2v) is 6.53. The predicted octanol–water partition coefficient (Wildman–Crippen LogP) is 2.83. The molecule has 3 N–H and O–H groups in total. The van der Waals surface area contributed by atoms with Crippen LogP contribution in [0.5, 0.6) is 0 Å². The summed E-state index contributed by atoms with van der Waals surface area (Å²) in [5, 5.41) is 0. The van der Waals surface area contributed by atoms with Crippen molar-refractivity contribution in [2.45, 2.75) is 19.6 Å². The van der Waals surface area contributed by atoms with E-state index in [4.69, 9.17) is 5.73 Å². The lowest BCUT2D eigenvalue weighted by atomic mass is 10.1. The molecule has 106 valence electrons. The van der Waals surface area contributed by atoms with Crippen molar-refractivity contribution in [2.75, 3.05) is 10.5 Å². The fourth-order valence-electron chi connectivity index (χ4n) is 1.94. The number of nitrogens with one attached hydrogen (secondary N) is 1. The van der Waals surface area contributed by atoms with Gasteiger partial charge in [0.1, 0.15) is 0 Å². The van der Waals surface area contributed by atoms with E-state index < -0.39 is 10.0 Å². The monoisotopic (exact) mass is 290 g/mol. The molecule has 4 nitrogen and oxygen atoms in total. The second-order valence-electron chi connectivity index (χ2n) is 4.81. The molecule has 0 radical (unpaired) electrons. The topological polar surface area (TPSA) is 72.2 Å². The number of rotatable bonds is 4. The van der Waals surface area contributed by atoms with Crippen LogP contribution in [0, 0.1) is 13.8 Å². The van der Waals surface area contributed by atoms with Crippen molar-refractivity contribution in [2.24, 2.45) is 0 Å². The summed E-state index contributed by atoms with van der Waals surface area (Å²) in [7, 11) is -3.48. The summed E-state index contributed by atoms with van der Waals surface area (Å²) < 4.78 is 27.1. The predicted molar refractivity (Wildman–Crippen MR) is 83.0 cm³/mol. The first-order valence-corrected chi connectivity index (χ1v) is 7.94. The van der Waals surface area contributed by atoms with Crippen LogP contribution < -0.4 is 10.5 Å². The zero-order valence-electron chi connectivity index (χ0n) is 11.6. The van der Waals surface area contributed by atoms with Gasteiger partial charge in [0.15, 0.2) is 0 Å². The maximum absolute atomic E-state index is 12.2. The van der Waals surface area contributed by atoms with E-state index in [1.165, 1.54) is 0 Å². The molecule has 5 heteroatoms. The zero-order valence-corrected chi connectivity index (χ0v) is 12.4. The van der Waals surface area contributed by atoms with Crippen molar-refractivity contribution in [3.8, 4) is 0 Å². The summed E-state index contributed by atoms with van der Waals surface area (Å²) in [5.41, 5.74) is 9.45. The van der Waals surface area contributed by atoms with E-state index in [2.05, 4.69) is 4.72 Å². The molecule has 0 aliphatic rings. The van der Waals surface area contributed by atoms with Gasteiger partial charge in [-0.05, 0) is 42.7 Å². The van der Waals surface area contributed by atoms with E-state index in [1.807, 2.05) is 26.0 Å². The maximum atomic E-state index is 12.2. The Morgan fingerprint density at radius 1 is 1.05 bits per heavy atom. The van der Waals surface area contributed by atoms with E-state index in [1.54, 1.807) is 30.3 Å². The third-order valence-electron chi connectivity index (χ3n) is 3.27. The minimum atomic E-state index is -3.48. The van der Waals surface area contributed by atoms with Crippen LogP contribution in [0.15, 0.2) is 42.5 Å². The van der Waals surface area contributed by atoms with Gasteiger partial charge in [0.2, 0.25) is 10.0 Å². The van der Waals surface area contributed by atoms with Gasteiger partial charge in [0.25, 0.3) is 0 Å². The van der Waals surface area contributed by atoms with Crippen molar-refractivity contribution < 1.29 is 8.42 Å². The normalized spacial score (nSPS) is 11.3. The molecule has 0 heterocycles. The molecule has 0 bridgehead atoms. The Kier molecular flexibility index (Phi) is 3.99. The number of nitrogens with two attached hydrogens (primary N) is 1. The van der Waals surface area contributed by atoms with Crippen LogP contribution in [0.3, 0.4) is 0 Å². The number of nitrogen functional groups attached to an aromatic ring is 1. The van der Waals surface area contributed by atoms with Crippen LogP contribution in [-0.4, -0.2) is 8.42 Å². The Balaban J connectivity index is 2.24. The van der Waals surface area contributed by atoms with Gasteiger partial charge in [-0.2, -0.15) is 0 Å². The fourth-order valence-corrected chi connectivity index (χ4v) is 3.24. The minimum absolute atomic E-state index is 0.132. The summed E-state index contributed by atoms with van der Waals surface area (Å²) in [6.45, 7) is 3.84. The average molecular weight is 290 g/mol.